The Bertz CT molecular complexity index is 788. The van der Waals surface area contributed by atoms with Gasteiger partial charge < -0.3 is 10.2 Å². The van der Waals surface area contributed by atoms with E-state index in [4.69, 9.17) is 0 Å². The second-order valence-corrected chi connectivity index (χ2v) is 6.22. The molecule has 0 saturated carbocycles. The zero-order chi connectivity index (χ0) is 16.9. The highest BCUT2D eigenvalue weighted by Gasteiger charge is 2.21. The summed E-state index contributed by atoms with van der Waals surface area (Å²) >= 11 is 0. The molecule has 1 atom stereocenters. The van der Waals surface area contributed by atoms with Crippen molar-refractivity contribution in [1.29, 1.82) is 0 Å². The van der Waals surface area contributed by atoms with Crippen LogP contribution in [0.2, 0.25) is 0 Å². The van der Waals surface area contributed by atoms with Gasteiger partial charge >= 0.3 is 0 Å². The van der Waals surface area contributed by atoms with E-state index >= 15 is 0 Å². The number of nitrogens with one attached hydrogen (secondary N) is 1. The van der Waals surface area contributed by atoms with Crippen LogP contribution in [0.5, 0.6) is 0 Å². The van der Waals surface area contributed by atoms with Gasteiger partial charge in [0.05, 0.1) is 5.69 Å². The van der Waals surface area contributed by atoms with Gasteiger partial charge in [-0.1, -0.05) is 18.2 Å². The fraction of sp³-hybridized carbons (Fsp3) is 0.333. The number of anilines is 1. The fourth-order valence-corrected chi connectivity index (χ4v) is 3.28. The summed E-state index contributed by atoms with van der Waals surface area (Å²) in [5.41, 5.74) is 2.28. The third kappa shape index (κ3) is 3.66. The summed E-state index contributed by atoms with van der Waals surface area (Å²) in [4.78, 5) is 6.35. The van der Waals surface area contributed by atoms with Crippen molar-refractivity contribution in [2.45, 2.75) is 25.4 Å². The van der Waals surface area contributed by atoms with Gasteiger partial charge in [-0.05, 0) is 36.6 Å². The summed E-state index contributed by atoms with van der Waals surface area (Å²) in [6.07, 6.45) is 7.32. The summed E-state index contributed by atoms with van der Waals surface area (Å²) in [5, 5.41) is 16.2. The molecule has 4 rings (SSSR count). The number of aromatic nitrogens is 5. The van der Waals surface area contributed by atoms with Crippen molar-refractivity contribution in [3.8, 4) is 5.69 Å². The normalized spacial score (nSPS) is 17.6. The number of hydrogen-bond acceptors (Lipinski definition) is 6. The van der Waals surface area contributed by atoms with Crippen LogP contribution in [0.3, 0.4) is 0 Å². The first-order chi connectivity index (χ1) is 12.4. The van der Waals surface area contributed by atoms with E-state index in [9.17, 15) is 0 Å². The van der Waals surface area contributed by atoms with Crippen molar-refractivity contribution in [3.05, 3.63) is 60.8 Å². The van der Waals surface area contributed by atoms with Crippen LogP contribution < -0.4 is 10.2 Å². The molecular weight excluding hydrogens is 314 g/mol. The average Bonchev–Trinajstić information content (AvgIpc) is 3.22. The van der Waals surface area contributed by atoms with Gasteiger partial charge in [0.25, 0.3) is 0 Å². The predicted molar refractivity (Wildman–Crippen MR) is 95.5 cm³/mol. The molecule has 0 aliphatic carbocycles. The molecule has 0 bridgehead atoms. The average molecular weight is 335 g/mol. The highest BCUT2D eigenvalue weighted by atomic mass is 15.3. The Balaban J connectivity index is 1.42. The van der Waals surface area contributed by atoms with Gasteiger partial charge in [0.15, 0.2) is 5.82 Å². The maximum absolute atomic E-state index is 4.25. The largest absolute Gasteiger partial charge is 0.354 e. The number of nitrogens with zero attached hydrogens (tertiary/aromatic N) is 6. The van der Waals surface area contributed by atoms with E-state index < -0.39 is 0 Å². The van der Waals surface area contributed by atoms with E-state index in [-0.39, 0.29) is 0 Å². The molecule has 0 amide bonds. The van der Waals surface area contributed by atoms with Crippen molar-refractivity contribution < 1.29 is 0 Å². The molecule has 7 nitrogen and oxygen atoms in total. The third-order valence-corrected chi connectivity index (χ3v) is 4.54. The highest BCUT2D eigenvalue weighted by molar-refractivity contribution is 5.40. The van der Waals surface area contributed by atoms with Gasteiger partial charge in [-0.15, -0.1) is 5.10 Å². The SMILES string of the molecule is c1cnnc(N2CCCC(NCc3ccccc3-n3cncn3)C2)c1. The molecular formula is C18H21N7. The Kier molecular flexibility index (Phi) is 4.65. The molecule has 25 heavy (non-hydrogen) atoms. The molecule has 1 aliphatic rings. The van der Waals surface area contributed by atoms with Crippen molar-refractivity contribution in [1.82, 2.24) is 30.3 Å². The third-order valence-electron chi connectivity index (χ3n) is 4.54. The smallest absolute Gasteiger partial charge is 0.151 e. The second kappa shape index (κ2) is 7.40. The molecule has 3 heterocycles. The van der Waals surface area contributed by atoms with Gasteiger partial charge in [-0.2, -0.15) is 10.2 Å². The first kappa shape index (κ1) is 15.7. The standard InChI is InChI=1S/C18H21N7/c1-2-7-17(25-14-19-13-22-25)15(5-1)11-20-16-6-4-10-24(12-16)18-8-3-9-21-23-18/h1-3,5,7-9,13-14,16,20H,4,6,10-12H2. The number of piperidine rings is 1. The Morgan fingerprint density at radius 3 is 2.96 bits per heavy atom. The van der Waals surface area contributed by atoms with E-state index in [0.717, 1.165) is 37.6 Å². The number of benzene rings is 1. The van der Waals surface area contributed by atoms with Crippen molar-refractivity contribution >= 4 is 5.82 Å². The van der Waals surface area contributed by atoms with Gasteiger partial charge in [0.2, 0.25) is 0 Å². The minimum atomic E-state index is 0.430. The van der Waals surface area contributed by atoms with Crippen LogP contribution in [-0.4, -0.2) is 44.1 Å². The van der Waals surface area contributed by atoms with E-state index in [1.807, 2.05) is 22.9 Å². The van der Waals surface area contributed by atoms with Gasteiger partial charge in [-0.25, -0.2) is 9.67 Å². The van der Waals surface area contributed by atoms with Crippen molar-refractivity contribution in [2.75, 3.05) is 18.0 Å². The number of para-hydroxylation sites is 1. The zero-order valence-electron chi connectivity index (χ0n) is 14.0. The summed E-state index contributed by atoms with van der Waals surface area (Å²) in [6.45, 7) is 2.78. The Labute approximate surface area is 146 Å². The van der Waals surface area contributed by atoms with Crippen LogP contribution in [0.4, 0.5) is 5.82 Å². The Morgan fingerprint density at radius 2 is 2.12 bits per heavy atom. The van der Waals surface area contributed by atoms with Crippen LogP contribution in [0.25, 0.3) is 5.69 Å². The van der Waals surface area contributed by atoms with Crippen molar-refractivity contribution in [3.63, 3.8) is 0 Å². The van der Waals surface area contributed by atoms with Crippen LogP contribution in [0.15, 0.2) is 55.2 Å². The maximum atomic E-state index is 4.25. The molecule has 1 saturated heterocycles. The second-order valence-electron chi connectivity index (χ2n) is 6.22. The zero-order valence-corrected chi connectivity index (χ0v) is 14.0. The monoisotopic (exact) mass is 335 g/mol. The molecule has 1 aromatic carbocycles. The Hall–Kier alpha value is -2.80. The van der Waals surface area contributed by atoms with Gasteiger partial charge in [0.1, 0.15) is 12.7 Å². The van der Waals surface area contributed by atoms with Crippen molar-refractivity contribution in [2.24, 2.45) is 0 Å². The molecule has 1 unspecified atom stereocenters. The molecule has 1 N–H and O–H groups in total. The highest BCUT2D eigenvalue weighted by Crippen LogP contribution is 2.18. The van der Waals surface area contributed by atoms with Crippen LogP contribution in [0, 0.1) is 0 Å². The minimum Gasteiger partial charge on any atom is -0.354 e. The summed E-state index contributed by atoms with van der Waals surface area (Å²) < 4.78 is 1.81. The lowest BCUT2D eigenvalue weighted by Gasteiger charge is -2.33. The van der Waals surface area contributed by atoms with Gasteiger partial charge in [-0.3, -0.25) is 0 Å². The van der Waals surface area contributed by atoms with Crippen LogP contribution >= 0.6 is 0 Å². The lowest BCUT2D eigenvalue weighted by Crippen LogP contribution is -2.45. The molecule has 0 radical (unpaired) electrons. The van der Waals surface area contributed by atoms with Crippen LogP contribution in [-0.2, 0) is 6.54 Å². The molecule has 1 aliphatic heterocycles. The first-order valence-electron chi connectivity index (χ1n) is 8.59. The fourth-order valence-electron chi connectivity index (χ4n) is 3.28. The molecule has 3 aromatic rings. The predicted octanol–water partition coefficient (Wildman–Crippen LogP) is 1.82. The van der Waals surface area contributed by atoms with Crippen LogP contribution in [0.1, 0.15) is 18.4 Å². The minimum absolute atomic E-state index is 0.430. The van der Waals surface area contributed by atoms with E-state index in [0.29, 0.717) is 6.04 Å². The molecule has 128 valence electrons. The summed E-state index contributed by atoms with van der Waals surface area (Å²) in [7, 11) is 0. The topological polar surface area (TPSA) is 71.8 Å². The Morgan fingerprint density at radius 1 is 1.16 bits per heavy atom. The first-order valence-corrected chi connectivity index (χ1v) is 8.59. The molecule has 2 aromatic heterocycles. The van der Waals surface area contributed by atoms with E-state index in [1.54, 1.807) is 18.9 Å². The van der Waals surface area contributed by atoms with E-state index in [2.05, 4.69) is 48.7 Å². The number of rotatable bonds is 5. The van der Waals surface area contributed by atoms with E-state index in [1.165, 1.54) is 12.0 Å². The lowest BCUT2D eigenvalue weighted by molar-refractivity contribution is 0.419. The molecule has 1 fully saturated rings. The summed E-state index contributed by atoms with van der Waals surface area (Å²) in [6, 6.07) is 12.7. The lowest BCUT2D eigenvalue weighted by atomic mass is 10.0. The molecule has 0 spiro atoms. The van der Waals surface area contributed by atoms with Gasteiger partial charge in [0, 0.05) is 31.9 Å². The summed E-state index contributed by atoms with van der Waals surface area (Å²) in [5.74, 6) is 0.956. The number of hydrogen-bond donors (Lipinski definition) is 1. The molecule has 7 heteroatoms. The maximum Gasteiger partial charge on any atom is 0.151 e. The quantitative estimate of drug-likeness (QED) is 0.767.